The van der Waals surface area contributed by atoms with Gasteiger partial charge in [-0.05, 0) is 12.1 Å². The molecule has 0 unspecified atom stereocenters. The van der Waals surface area contributed by atoms with E-state index in [4.69, 9.17) is 5.73 Å². The minimum atomic E-state index is 0.168. The minimum absolute atomic E-state index is 0.168. The number of nitrogens with two attached hydrogens (primary N) is 1. The lowest BCUT2D eigenvalue weighted by Gasteiger charge is -2.06. The fourth-order valence-electron chi connectivity index (χ4n) is 3.77. The lowest BCUT2D eigenvalue weighted by molar-refractivity contribution is 0.959. The summed E-state index contributed by atoms with van der Waals surface area (Å²) in [4.78, 5) is 4.58. The number of hydrogen-bond donors (Lipinski definition) is 1. The number of aromatic nitrogens is 5. The quantitative estimate of drug-likeness (QED) is 0.524. The van der Waals surface area contributed by atoms with Crippen molar-refractivity contribution < 1.29 is 0 Å². The van der Waals surface area contributed by atoms with Gasteiger partial charge in [0.25, 0.3) is 0 Å². The second kappa shape index (κ2) is 5.67. The summed E-state index contributed by atoms with van der Waals surface area (Å²) in [6, 6.07) is 16.5. The Morgan fingerprint density at radius 1 is 0.704 bits per heavy atom. The van der Waals surface area contributed by atoms with Crippen molar-refractivity contribution in [2.24, 2.45) is 14.1 Å². The fourth-order valence-corrected chi connectivity index (χ4v) is 3.77. The molecular weight excluding hydrogens is 336 g/mol. The molecule has 2 aromatic carbocycles. The topological polar surface area (TPSA) is 74.6 Å². The molecule has 3 heterocycles. The largest absolute Gasteiger partial charge is 0.366 e. The SMILES string of the molecule is Cn1cc(-c2nnc(N)nc2-c2cn(C)c3ccccc23)c2ccccc21. The Balaban J connectivity index is 1.85. The number of anilines is 1. The Kier molecular flexibility index (Phi) is 3.27. The van der Waals surface area contributed by atoms with Crippen LogP contribution in [0.4, 0.5) is 5.95 Å². The van der Waals surface area contributed by atoms with E-state index in [0.29, 0.717) is 0 Å². The van der Waals surface area contributed by atoms with Crippen molar-refractivity contribution >= 4 is 27.8 Å². The molecule has 5 rings (SSSR count). The maximum absolute atomic E-state index is 5.91. The van der Waals surface area contributed by atoms with Crippen molar-refractivity contribution in [2.45, 2.75) is 0 Å². The van der Waals surface area contributed by atoms with Gasteiger partial charge >= 0.3 is 0 Å². The van der Waals surface area contributed by atoms with Gasteiger partial charge in [0, 0.05) is 59.4 Å². The van der Waals surface area contributed by atoms with Gasteiger partial charge in [-0.1, -0.05) is 36.4 Å². The van der Waals surface area contributed by atoms with E-state index in [1.165, 1.54) is 0 Å². The van der Waals surface area contributed by atoms with Crippen LogP contribution in [0.2, 0.25) is 0 Å². The van der Waals surface area contributed by atoms with Crippen LogP contribution in [0.3, 0.4) is 0 Å². The van der Waals surface area contributed by atoms with Crippen LogP contribution in [-0.2, 0) is 14.1 Å². The Morgan fingerprint density at radius 3 is 1.81 bits per heavy atom. The van der Waals surface area contributed by atoms with Gasteiger partial charge in [0.2, 0.25) is 5.95 Å². The Hall–Kier alpha value is -3.67. The zero-order chi connectivity index (χ0) is 18.5. The van der Waals surface area contributed by atoms with E-state index in [-0.39, 0.29) is 5.95 Å². The normalized spacial score (nSPS) is 11.5. The number of nitrogens with zero attached hydrogens (tertiary/aromatic N) is 5. The third-order valence-corrected chi connectivity index (χ3v) is 5.01. The second-order valence-electron chi connectivity index (χ2n) is 6.71. The van der Waals surface area contributed by atoms with E-state index in [9.17, 15) is 0 Å². The van der Waals surface area contributed by atoms with E-state index in [0.717, 1.165) is 44.3 Å². The minimum Gasteiger partial charge on any atom is -0.366 e. The van der Waals surface area contributed by atoms with Crippen molar-refractivity contribution in [3.8, 4) is 22.5 Å². The van der Waals surface area contributed by atoms with Crippen molar-refractivity contribution in [2.75, 3.05) is 5.73 Å². The molecule has 0 bridgehead atoms. The van der Waals surface area contributed by atoms with E-state index < -0.39 is 0 Å². The molecular formula is C21H18N6. The summed E-state index contributed by atoms with van der Waals surface area (Å²) < 4.78 is 4.19. The third-order valence-electron chi connectivity index (χ3n) is 5.01. The Labute approximate surface area is 155 Å². The summed E-state index contributed by atoms with van der Waals surface area (Å²) in [5, 5.41) is 10.7. The summed E-state index contributed by atoms with van der Waals surface area (Å²) in [5.41, 5.74) is 11.7. The number of para-hydroxylation sites is 2. The molecule has 0 saturated heterocycles. The molecule has 0 fully saturated rings. The summed E-state index contributed by atoms with van der Waals surface area (Å²) >= 11 is 0. The molecule has 0 aliphatic carbocycles. The fraction of sp³-hybridized carbons (Fsp3) is 0.0952. The predicted molar refractivity (Wildman–Crippen MR) is 108 cm³/mol. The maximum atomic E-state index is 5.91. The number of rotatable bonds is 2. The van der Waals surface area contributed by atoms with E-state index in [2.05, 4.69) is 61.0 Å². The number of benzene rings is 2. The van der Waals surface area contributed by atoms with Crippen LogP contribution in [0.5, 0.6) is 0 Å². The second-order valence-corrected chi connectivity index (χ2v) is 6.71. The number of hydrogen-bond acceptors (Lipinski definition) is 4. The number of nitrogen functional groups attached to an aromatic ring is 1. The van der Waals surface area contributed by atoms with Gasteiger partial charge in [-0.25, -0.2) is 4.98 Å². The monoisotopic (exact) mass is 354 g/mol. The molecule has 0 amide bonds. The van der Waals surface area contributed by atoms with Gasteiger partial charge < -0.3 is 14.9 Å². The summed E-state index contributed by atoms with van der Waals surface area (Å²) in [6.45, 7) is 0. The molecule has 0 radical (unpaired) electrons. The Morgan fingerprint density at radius 2 is 1.22 bits per heavy atom. The van der Waals surface area contributed by atoms with E-state index >= 15 is 0 Å². The molecule has 0 saturated carbocycles. The highest BCUT2D eigenvalue weighted by molar-refractivity contribution is 6.02. The smallest absolute Gasteiger partial charge is 0.240 e. The van der Waals surface area contributed by atoms with E-state index in [1.54, 1.807) is 0 Å². The molecule has 5 aromatic rings. The highest BCUT2D eigenvalue weighted by atomic mass is 15.2. The molecule has 6 heteroatoms. The number of aryl methyl sites for hydroxylation is 2. The first-order valence-electron chi connectivity index (χ1n) is 8.72. The van der Waals surface area contributed by atoms with Crippen LogP contribution in [0.1, 0.15) is 0 Å². The summed E-state index contributed by atoms with van der Waals surface area (Å²) in [5.74, 6) is 0.168. The highest BCUT2D eigenvalue weighted by Crippen LogP contribution is 2.37. The van der Waals surface area contributed by atoms with Crippen LogP contribution >= 0.6 is 0 Å². The van der Waals surface area contributed by atoms with Crippen LogP contribution in [0.25, 0.3) is 44.3 Å². The van der Waals surface area contributed by atoms with Gasteiger partial charge in [0.1, 0.15) is 11.4 Å². The van der Waals surface area contributed by atoms with Crippen molar-refractivity contribution in [3.05, 3.63) is 60.9 Å². The van der Waals surface area contributed by atoms with Crippen LogP contribution in [-0.4, -0.2) is 24.3 Å². The molecule has 3 aromatic heterocycles. The first kappa shape index (κ1) is 15.6. The average Bonchev–Trinajstić information content (AvgIpc) is 3.20. The van der Waals surface area contributed by atoms with Crippen LogP contribution < -0.4 is 5.73 Å². The molecule has 27 heavy (non-hydrogen) atoms. The standard InChI is InChI=1S/C21H18N6/c1-26-11-15(13-7-3-5-9-17(13)26)19-20(24-25-21(22)23-19)16-12-27(2)18-10-6-4-8-14(16)18/h3-12H,1-2H3,(H2,22,23,25). The average molecular weight is 354 g/mol. The molecule has 0 atom stereocenters. The van der Waals surface area contributed by atoms with Crippen molar-refractivity contribution in [1.29, 1.82) is 0 Å². The molecule has 6 nitrogen and oxygen atoms in total. The first-order chi connectivity index (χ1) is 13.1. The molecule has 0 aliphatic rings. The van der Waals surface area contributed by atoms with Gasteiger partial charge in [-0.15, -0.1) is 10.2 Å². The maximum Gasteiger partial charge on any atom is 0.240 e. The highest BCUT2D eigenvalue weighted by Gasteiger charge is 2.20. The zero-order valence-corrected chi connectivity index (χ0v) is 15.1. The summed E-state index contributed by atoms with van der Waals surface area (Å²) in [6.07, 6.45) is 4.14. The molecule has 0 spiro atoms. The van der Waals surface area contributed by atoms with Crippen LogP contribution in [0.15, 0.2) is 60.9 Å². The third kappa shape index (κ3) is 2.30. The van der Waals surface area contributed by atoms with Gasteiger partial charge in [0.05, 0.1) is 0 Å². The number of fused-ring (bicyclic) bond motifs is 2. The lowest BCUT2D eigenvalue weighted by Crippen LogP contribution is -2.02. The van der Waals surface area contributed by atoms with Gasteiger partial charge in [0.15, 0.2) is 0 Å². The molecule has 0 aliphatic heterocycles. The van der Waals surface area contributed by atoms with Crippen molar-refractivity contribution in [1.82, 2.24) is 24.3 Å². The van der Waals surface area contributed by atoms with E-state index in [1.807, 2.05) is 38.4 Å². The Bertz CT molecular complexity index is 1310. The lowest BCUT2D eigenvalue weighted by atomic mass is 10.0. The molecule has 2 N–H and O–H groups in total. The first-order valence-corrected chi connectivity index (χ1v) is 8.72. The van der Waals surface area contributed by atoms with Crippen molar-refractivity contribution in [3.63, 3.8) is 0 Å². The molecule has 132 valence electrons. The predicted octanol–water partition coefficient (Wildman–Crippen LogP) is 3.77. The van der Waals surface area contributed by atoms with Crippen LogP contribution in [0, 0.1) is 0 Å². The van der Waals surface area contributed by atoms with Gasteiger partial charge in [-0.2, -0.15) is 0 Å². The summed E-state index contributed by atoms with van der Waals surface area (Å²) in [7, 11) is 4.06. The van der Waals surface area contributed by atoms with Gasteiger partial charge in [-0.3, -0.25) is 0 Å². The zero-order valence-electron chi connectivity index (χ0n) is 15.1.